The van der Waals surface area contributed by atoms with Gasteiger partial charge in [-0.25, -0.2) is 0 Å². The number of benzene rings is 2. The maximum atomic E-state index is 5.48. The van der Waals surface area contributed by atoms with Crippen LogP contribution < -0.4 is 4.90 Å². The van der Waals surface area contributed by atoms with Crippen LogP contribution in [-0.2, 0) is 0 Å². The lowest BCUT2D eigenvalue weighted by Gasteiger charge is -2.13. The van der Waals surface area contributed by atoms with Gasteiger partial charge >= 0.3 is 0 Å². The van der Waals surface area contributed by atoms with Crippen molar-refractivity contribution in [2.75, 3.05) is 19.0 Å². The van der Waals surface area contributed by atoms with Gasteiger partial charge in [0.15, 0.2) is 0 Å². The first-order valence-corrected chi connectivity index (χ1v) is 6.82. The van der Waals surface area contributed by atoms with Crippen LogP contribution in [-0.4, -0.2) is 23.8 Å². The van der Waals surface area contributed by atoms with Crippen molar-refractivity contribution in [2.24, 2.45) is 0 Å². The zero-order chi connectivity index (χ0) is 13.8. The molecule has 0 heterocycles. The van der Waals surface area contributed by atoms with Gasteiger partial charge in [-0.3, -0.25) is 0 Å². The molecule has 19 heavy (non-hydrogen) atoms. The van der Waals surface area contributed by atoms with Gasteiger partial charge in [0.25, 0.3) is 0 Å². The molecule has 96 valence electrons. The van der Waals surface area contributed by atoms with E-state index >= 15 is 0 Å². The first-order valence-electron chi connectivity index (χ1n) is 6.01. The molecule has 2 rings (SSSR count). The molecule has 0 aliphatic rings. The molecule has 0 atom stereocenters. The lowest BCUT2D eigenvalue weighted by atomic mass is 10.0. The molecule has 3 heteroatoms. The van der Waals surface area contributed by atoms with E-state index in [1.165, 1.54) is 0 Å². The number of anilines is 1. The van der Waals surface area contributed by atoms with E-state index in [1.54, 1.807) is 0 Å². The Morgan fingerprint density at radius 3 is 1.68 bits per heavy atom. The summed E-state index contributed by atoms with van der Waals surface area (Å²) in [5, 5.41) is 0. The third-order valence-corrected chi connectivity index (χ3v) is 3.90. The van der Waals surface area contributed by atoms with Gasteiger partial charge in [0, 0.05) is 19.8 Å². The Morgan fingerprint density at radius 1 is 0.737 bits per heavy atom. The summed E-state index contributed by atoms with van der Waals surface area (Å²) < 4.78 is 0. The molecule has 0 saturated heterocycles. The first-order chi connectivity index (χ1) is 9.09. The summed E-state index contributed by atoms with van der Waals surface area (Å²) in [4.78, 5) is 3.52. The molecule has 0 amide bonds. The molecule has 0 aliphatic heterocycles. The molecule has 0 aromatic heterocycles. The zero-order valence-corrected chi connectivity index (χ0v) is 12.6. The monoisotopic (exact) mass is 285 g/mol. The Bertz CT molecular complexity index is 586. The van der Waals surface area contributed by atoms with Gasteiger partial charge in [-0.2, -0.15) is 0 Å². The van der Waals surface area contributed by atoms with Gasteiger partial charge in [0.2, 0.25) is 0 Å². The van der Waals surface area contributed by atoms with Gasteiger partial charge in [-0.1, -0.05) is 66.9 Å². The quantitative estimate of drug-likeness (QED) is 0.620. The summed E-state index contributed by atoms with van der Waals surface area (Å²) in [7, 11) is 4.03. The Kier molecular flexibility index (Phi) is 4.40. The van der Waals surface area contributed by atoms with E-state index in [4.69, 9.17) is 24.4 Å². The summed E-state index contributed by atoms with van der Waals surface area (Å²) >= 11 is 10.9. The van der Waals surface area contributed by atoms with Crippen LogP contribution in [0.2, 0.25) is 0 Å². The van der Waals surface area contributed by atoms with Crippen molar-refractivity contribution in [3.8, 4) is 0 Å². The predicted octanol–water partition coefficient (Wildman–Crippen LogP) is 3.89. The molecular formula is C16H15NS2. The van der Waals surface area contributed by atoms with Gasteiger partial charge in [0.05, 0.1) is 9.73 Å². The van der Waals surface area contributed by atoms with Crippen LogP contribution in [0.15, 0.2) is 54.6 Å². The third kappa shape index (κ3) is 3.25. The summed E-state index contributed by atoms with van der Waals surface area (Å²) in [6.07, 6.45) is 0. The van der Waals surface area contributed by atoms with Gasteiger partial charge in [-0.15, -0.1) is 0 Å². The highest BCUT2D eigenvalue weighted by Crippen LogP contribution is 2.15. The fraction of sp³-hybridized carbons (Fsp3) is 0.125. The van der Waals surface area contributed by atoms with Crippen LogP contribution in [0, 0.1) is 0 Å². The molecule has 1 nitrogen and oxygen atoms in total. The van der Waals surface area contributed by atoms with Gasteiger partial charge in [-0.05, 0) is 23.3 Å². The molecule has 0 aliphatic carbocycles. The van der Waals surface area contributed by atoms with Crippen molar-refractivity contribution in [1.29, 1.82) is 0 Å². The average molecular weight is 285 g/mol. The lowest BCUT2D eigenvalue weighted by molar-refractivity contribution is 1.13. The fourth-order valence-electron chi connectivity index (χ4n) is 1.76. The Balaban J connectivity index is 2.22. The highest BCUT2D eigenvalue weighted by atomic mass is 32.1. The molecule has 0 saturated carbocycles. The molecule has 0 bridgehead atoms. The van der Waals surface area contributed by atoms with Crippen molar-refractivity contribution in [3.63, 3.8) is 0 Å². The van der Waals surface area contributed by atoms with Crippen molar-refractivity contribution in [3.05, 3.63) is 65.7 Å². The molecule has 2 aromatic carbocycles. The van der Waals surface area contributed by atoms with Crippen LogP contribution in [0.25, 0.3) is 0 Å². The Hall–Kier alpha value is -1.58. The van der Waals surface area contributed by atoms with E-state index in [2.05, 4.69) is 17.0 Å². The number of hydrogen-bond donors (Lipinski definition) is 0. The van der Waals surface area contributed by atoms with E-state index in [9.17, 15) is 0 Å². The maximum absolute atomic E-state index is 5.48. The molecular weight excluding hydrogens is 270 g/mol. The molecule has 0 unspecified atom stereocenters. The predicted molar refractivity (Wildman–Crippen MR) is 90.6 cm³/mol. The largest absolute Gasteiger partial charge is 0.378 e. The summed E-state index contributed by atoms with van der Waals surface area (Å²) in [5.41, 5.74) is 3.14. The third-order valence-electron chi connectivity index (χ3n) is 2.89. The van der Waals surface area contributed by atoms with Crippen molar-refractivity contribution in [2.45, 2.75) is 0 Å². The second-order valence-corrected chi connectivity index (χ2v) is 5.28. The van der Waals surface area contributed by atoms with Crippen LogP contribution in [0.1, 0.15) is 11.1 Å². The molecule has 0 spiro atoms. The summed E-state index contributed by atoms with van der Waals surface area (Å²) in [6, 6.07) is 18.0. The minimum absolute atomic E-state index is 0.728. The second-order valence-electron chi connectivity index (χ2n) is 4.47. The van der Waals surface area contributed by atoms with Crippen LogP contribution in [0.3, 0.4) is 0 Å². The van der Waals surface area contributed by atoms with Crippen molar-refractivity contribution < 1.29 is 0 Å². The molecule has 0 radical (unpaired) electrons. The topological polar surface area (TPSA) is 3.24 Å². The van der Waals surface area contributed by atoms with Crippen LogP contribution >= 0.6 is 24.4 Å². The van der Waals surface area contributed by atoms with E-state index < -0.39 is 0 Å². The standard InChI is InChI=1S/C16H15NS2/c1-17(2)14-10-8-13(9-11-14)16(19)15(18)12-6-4-3-5-7-12/h3-11H,1-2H3. The number of rotatable bonds is 4. The van der Waals surface area contributed by atoms with E-state index in [0.717, 1.165) is 26.5 Å². The second kappa shape index (κ2) is 6.04. The minimum Gasteiger partial charge on any atom is -0.378 e. The van der Waals surface area contributed by atoms with Gasteiger partial charge in [0.1, 0.15) is 0 Å². The van der Waals surface area contributed by atoms with Crippen LogP contribution in [0.5, 0.6) is 0 Å². The summed E-state index contributed by atoms with van der Waals surface area (Å²) in [5.74, 6) is 0. The summed E-state index contributed by atoms with van der Waals surface area (Å²) in [6.45, 7) is 0. The van der Waals surface area contributed by atoms with E-state index in [-0.39, 0.29) is 0 Å². The Labute approximate surface area is 124 Å². The lowest BCUT2D eigenvalue weighted by Crippen LogP contribution is -2.13. The van der Waals surface area contributed by atoms with Crippen molar-refractivity contribution >= 4 is 39.9 Å². The van der Waals surface area contributed by atoms with E-state index in [0.29, 0.717) is 0 Å². The van der Waals surface area contributed by atoms with Gasteiger partial charge < -0.3 is 4.90 Å². The minimum atomic E-state index is 0.728. The number of thiocarbonyl (C=S) groups is 2. The van der Waals surface area contributed by atoms with Crippen molar-refractivity contribution in [1.82, 2.24) is 0 Å². The Morgan fingerprint density at radius 2 is 1.21 bits per heavy atom. The average Bonchev–Trinajstić information content (AvgIpc) is 2.46. The fourth-order valence-corrected chi connectivity index (χ4v) is 2.27. The highest BCUT2D eigenvalue weighted by Gasteiger charge is 2.09. The first kappa shape index (κ1) is 13.8. The highest BCUT2D eigenvalue weighted by molar-refractivity contribution is 7.90. The van der Waals surface area contributed by atoms with Crippen LogP contribution in [0.4, 0.5) is 5.69 Å². The number of nitrogens with zero attached hydrogens (tertiary/aromatic N) is 1. The molecule has 0 fully saturated rings. The molecule has 0 N–H and O–H groups in total. The SMILES string of the molecule is CN(C)c1ccc(C(=S)C(=S)c2ccccc2)cc1. The maximum Gasteiger partial charge on any atom is 0.0636 e. The number of hydrogen-bond acceptors (Lipinski definition) is 3. The smallest absolute Gasteiger partial charge is 0.0636 e. The van der Waals surface area contributed by atoms with E-state index in [1.807, 2.05) is 56.6 Å². The molecule has 2 aromatic rings. The zero-order valence-electron chi connectivity index (χ0n) is 11.0. The normalized spacial score (nSPS) is 10.0.